The van der Waals surface area contributed by atoms with Crippen molar-refractivity contribution in [3.63, 3.8) is 0 Å². The fourth-order valence-corrected chi connectivity index (χ4v) is 5.14. The van der Waals surface area contributed by atoms with E-state index in [0.29, 0.717) is 13.1 Å². The molecule has 2 heterocycles. The molecule has 39 heavy (non-hydrogen) atoms. The molecular weight excluding hydrogens is 512 g/mol. The van der Waals surface area contributed by atoms with Crippen molar-refractivity contribution < 1.29 is 17.9 Å². The van der Waals surface area contributed by atoms with E-state index in [0.717, 1.165) is 16.7 Å². The molecule has 0 fully saturated rings. The van der Waals surface area contributed by atoms with Gasteiger partial charge in [0.05, 0.1) is 6.04 Å². The average Bonchev–Trinajstić information content (AvgIpc) is 2.85. The fraction of sp³-hybridized carbons (Fsp3) is 0.400. The van der Waals surface area contributed by atoms with E-state index in [4.69, 9.17) is 9.47 Å². The van der Waals surface area contributed by atoms with Gasteiger partial charge < -0.3 is 9.47 Å². The quantitative estimate of drug-likeness (QED) is 0.484. The second-order valence-electron chi connectivity index (χ2n) is 10.8. The summed E-state index contributed by atoms with van der Waals surface area (Å²) in [6.45, 7) is 22.7. The van der Waals surface area contributed by atoms with Crippen molar-refractivity contribution >= 4 is 21.9 Å². The van der Waals surface area contributed by atoms with E-state index in [9.17, 15) is 8.42 Å². The summed E-state index contributed by atoms with van der Waals surface area (Å²) in [5.74, 6) is 0.0193. The lowest BCUT2D eigenvalue weighted by molar-refractivity contribution is -0.00786. The molecule has 8 nitrogen and oxygen atoms in total. The first-order valence-corrected chi connectivity index (χ1v) is 14.4. The van der Waals surface area contributed by atoms with Crippen molar-refractivity contribution in [2.75, 3.05) is 13.3 Å². The molecule has 0 aromatic heterocycles. The monoisotopic (exact) mass is 552 g/mol. The first kappa shape index (κ1) is 30.3. The Labute approximate surface area is 233 Å². The molecule has 0 spiro atoms. The second-order valence-corrected chi connectivity index (χ2v) is 12.5. The van der Waals surface area contributed by atoms with E-state index in [1.54, 1.807) is 6.08 Å². The summed E-state index contributed by atoms with van der Waals surface area (Å²) >= 11 is 0. The van der Waals surface area contributed by atoms with E-state index < -0.39 is 21.5 Å². The summed E-state index contributed by atoms with van der Waals surface area (Å²) in [4.78, 5) is 10.9. The van der Waals surface area contributed by atoms with Crippen LogP contribution >= 0.6 is 0 Å². The lowest BCUT2D eigenvalue weighted by Gasteiger charge is -2.36. The van der Waals surface area contributed by atoms with Gasteiger partial charge in [-0.3, -0.25) is 4.90 Å². The van der Waals surface area contributed by atoms with Gasteiger partial charge in [0.15, 0.2) is 5.44 Å². The normalized spacial score (nSPS) is 26.7. The minimum atomic E-state index is -4.10. The van der Waals surface area contributed by atoms with Crippen molar-refractivity contribution in [3.05, 3.63) is 96.7 Å². The fourth-order valence-electron chi connectivity index (χ4n) is 4.13. The molecule has 0 amide bonds. The van der Waals surface area contributed by atoms with Gasteiger partial charge in [-0.05, 0) is 48.1 Å². The Bertz CT molecular complexity index is 1320. The number of nitrogens with one attached hydrogen (secondary N) is 1. The first-order valence-electron chi connectivity index (χ1n) is 12.9. The van der Waals surface area contributed by atoms with Crippen LogP contribution in [-0.2, 0) is 31.5 Å². The number of aliphatic imine (C=N–C) groups is 2. The highest BCUT2D eigenvalue weighted by Crippen LogP contribution is 2.33. The van der Waals surface area contributed by atoms with Crippen LogP contribution in [0, 0.1) is 0 Å². The maximum Gasteiger partial charge on any atom is 0.266 e. The number of allylic oxidation sites excluding steroid dienone is 4. The molecule has 1 aromatic carbocycles. The number of fused-ring (bicyclic) bond motifs is 4. The molecule has 0 saturated heterocycles. The van der Waals surface area contributed by atoms with Crippen LogP contribution in [0.25, 0.3) is 0 Å². The average molecular weight is 553 g/mol. The van der Waals surface area contributed by atoms with E-state index >= 15 is 0 Å². The van der Waals surface area contributed by atoms with Crippen LogP contribution < -0.4 is 4.72 Å². The number of hydrogen-bond donors (Lipinski definition) is 1. The predicted molar refractivity (Wildman–Crippen MR) is 159 cm³/mol. The third kappa shape index (κ3) is 8.36. The molecule has 9 heteroatoms. The van der Waals surface area contributed by atoms with Crippen molar-refractivity contribution in [3.8, 4) is 0 Å². The molecule has 210 valence electrons. The van der Waals surface area contributed by atoms with Crippen molar-refractivity contribution in [1.82, 2.24) is 9.62 Å². The molecule has 1 aromatic rings. The predicted octanol–water partition coefficient (Wildman–Crippen LogP) is 5.29. The topological polar surface area (TPSA) is 92.6 Å². The molecule has 1 N–H and O–H groups in total. The highest BCUT2D eigenvalue weighted by molar-refractivity contribution is 7.90. The standard InChI is InChI=1S/C30H40N4O4S/c1-9-11-12-28-37-20-34-18-23-17-24(30(6,7)8)15-16-25(23)26(19-34)38-27(10-2)32-29(33-39(28,35)36)31-22(5)14-13-21(3)4/h9-17,22,26,28H,1-3,18-20H2,4-8H3,(H,31,33)/b12-11-,14-13-,32-27+. The van der Waals surface area contributed by atoms with Crippen molar-refractivity contribution in [1.29, 1.82) is 0 Å². The van der Waals surface area contributed by atoms with Gasteiger partial charge in [0.1, 0.15) is 12.8 Å². The smallest absolute Gasteiger partial charge is 0.266 e. The second kappa shape index (κ2) is 12.7. The van der Waals surface area contributed by atoms with E-state index in [2.05, 4.69) is 73.4 Å². The Balaban J connectivity index is 2.13. The Kier molecular flexibility index (Phi) is 9.88. The van der Waals surface area contributed by atoms with Gasteiger partial charge in [-0.2, -0.15) is 4.99 Å². The highest BCUT2D eigenvalue weighted by Gasteiger charge is 2.32. The van der Waals surface area contributed by atoms with Gasteiger partial charge in [-0.25, -0.2) is 18.1 Å². The lowest BCUT2D eigenvalue weighted by atomic mass is 9.83. The molecule has 0 radical (unpaired) electrons. The summed E-state index contributed by atoms with van der Waals surface area (Å²) in [6, 6.07) is 6.02. The van der Waals surface area contributed by atoms with Gasteiger partial charge in [0.25, 0.3) is 10.0 Å². The molecule has 0 aliphatic carbocycles. The summed E-state index contributed by atoms with van der Waals surface area (Å²) in [6.07, 6.45) is 9.17. The molecule has 2 bridgehead atoms. The maximum atomic E-state index is 13.4. The van der Waals surface area contributed by atoms with Crippen molar-refractivity contribution in [2.24, 2.45) is 9.98 Å². The molecule has 2 aliphatic rings. The van der Waals surface area contributed by atoms with Crippen LogP contribution in [-0.4, -0.2) is 49.9 Å². The van der Waals surface area contributed by atoms with E-state index in [1.165, 1.54) is 29.9 Å². The first-order chi connectivity index (χ1) is 18.3. The number of sulfonamides is 1. The number of benzene rings is 1. The van der Waals surface area contributed by atoms with Crippen molar-refractivity contribution in [2.45, 2.75) is 64.2 Å². The molecule has 3 rings (SSSR count). The highest BCUT2D eigenvalue weighted by atomic mass is 32.2. The molecule has 2 aliphatic heterocycles. The molecular formula is C30H40N4O4S. The van der Waals surface area contributed by atoms with Gasteiger partial charge in [0, 0.05) is 13.1 Å². The Morgan fingerprint density at radius 2 is 2.05 bits per heavy atom. The molecule has 4 unspecified atom stereocenters. The Hall–Kier alpha value is -3.27. The number of guanidine groups is 1. The summed E-state index contributed by atoms with van der Waals surface area (Å²) in [5.41, 5.74) is 2.86. The van der Waals surface area contributed by atoms with Crippen LogP contribution in [0.5, 0.6) is 0 Å². The van der Waals surface area contributed by atoms with Crippen LogP contribution in [0.1, 0.15) is 57.4 Å². The van der Waals surface area contributed by atoms with Crippen LogP contribution in [0.15, 0.2) is 89.9 Å². The van der Waals surface area contributed by atoms with Gasteiger partial charge in [-0.15, -0.1) is 0 Å². The zero-order chi connectivity index (χ0) is 28.8. The molecule has 0 saturated carbocycles. The Morgan fingerprint density at radius 3 is 2.69 bits per heavy atom. The SMILES string of the molecule is C=C/C=C\C1OCN2Cc3cc(C(C)(C)C)ccc3C(C2)O/C(C=C)=N/C(=N\C(C)/C=C\C(=C)C)NS1(=O)=O. The van der Waals surface area contributed by atoms with Crippen LogP contribution in [0.2, 0.25) is 0 Å². The summed E-state index contributed by atoms with van der Waals surface area (Å²) in [7, 11) is -4.10. The summed E-state index contributed by atoms with van der Waals surface area (Å²) < 4.78 is 41.6. The largest absolute Gasteiger partial charge is 0.468 e. The number of rotatable bonds is 6. The Morgan fingerprint density at radius 1 is 1.31 bits per heavy atom. The van der Waals surface area contributed by atoms with Gasteiger partial charge in [-0.1, -0.05) is 88.6 Å². The van der Waals surface area contributed by atoms with Crippen LogP contribution in [0.4, 0.5) is 0 Å². The summed E-state index contributed by atoms with van der Waals surface area (Å²) in [5, 5.41) is 0. The lowest BCUT2D eigenvalue weighted by Crippen LogP contribution is -2.43. The van der Waals surface area contributed by atoms with E-state index in [-0.39, 0.29) is 30.1 Å². The van der Waals surface area contributed by atoms with Crippen LogP contribution in [0.3, 0.4) is 0 Å². The minimum Gasteiger partial charge on any atom is -0.468 e. The maximum absolute atomic E-state index is 13.4. The van der Waals surface area contributed by atoms with E-state index in [1.807, 2.05) is 24.8 Å². The minimum absolute atomic E-state index is 0.0281. The number of hydrogen-bond acceptors (Lipinski definition) is 6. The number of nitrogens with zero attached hydrogens (tertiary/aromatic N) is 3. The van der Waals surface area contributed by atoms with Gasteiger partial charge in [0.2, 0.25) is 11.9 Å². The third-order valence-electron chi connectivity index (χ3n) is 6.18. The third-order valence-corrected chi connectivity index (χ3v) is 7.55. The zero-order valence-corrected chi connectivity index (χ0v) is 24.4. The number of ether oxygens (including phenoxy) is 2. The van der Waals surface area contributed by atoms with Gasteiger partial charge >= 0.3 is 0 Å². The molecule has 4 atom stereocenters. The zero-order valence-electron chi connectivity index (χ0n) is 23.6.